The van der Waals surface area contributed by atoms with Crippen LogP contribution in [-0.4, -0.2) is 37.6 Å². The summed E-state index contributed by atoms with van der Waals surface area (Å²) in [5, 5.41) is 3.26. The number of primary amides is 1. The van der Waals surface area contributed by atoms with Gasteiger partial charge < -0.3 is 25.3 Å². The van der Waals surface area contributed by atoms with Crippen molar-refractivity contribution in [3.8, 4) is 11.5 Å². The van der Waals surface area contributed by atoms with E-state index in [1.165, 1.54) is 37.5 Å². The standard InChI is InChI=1S/C23H27ClN2O6S/c1-11(2)10-31-19-15(24)8-13(9-16(19)30-4)23(29)32-12(3)21(28)26-22-18(20(25)27)14-6-5-7-17(14)33-22/h8-9,11-12H,5-7,10H2,1-4H3,(H2,25,27)(H,26,28). The van der Waals surface area contributed by atoms with Crippen LogP contribution >= 0.6 is 22.9 Å². The highest BCUT2D eigenvalue weighted by molar-refractivity contribution is 7.17. The zero-order valence-corrected chi connectivity index (χ0v) is 20.5. The lowest BCUT2D eigenvalue weighted by Crippen LogP contribution is -2.30. The molecular formula is C23H27ClN2O6S. The highest BCUT2D eigenvalue weighted by Crippen LogP contribution is 2.39. The van der Waals surface area contributed by atoms with Crippen LogP contribution < -0.4 is 20.5 Å². The van der Waals surface area contributed by atoms with Crippen LogP contribution in [0.25, 0.3) is 0 Å². The SMILES string of the molecule is COc1cc(C(=O)OC(C)C(=O)Nc2sc3c(c2C(N)=O)CCC3)cc(Cl)c1OCC(C)C. The smallest absolute Gasteiger partial charge is 0.339 e. The summed E-state index contributed by atoms with van der Waals surface area (Å²) < 4.78 is 16.3. The Kier molecular flexibility index (Phi) is 7.86. The number of esters is 1. The second-order valence-corrected chi connectivity index (χ2v) is 9.67. The number of hydrogen-bond acceptors (Lipinski definition) is 7. The van der Waals surface area contributed by atoms with Gasteiger partial charge in [-0.1, -0.05) is 25.4 Å². The normalized spacial score (nSPS) is 13.4. The van der Waals surface area contributed by atoms with Crippen molar-refractivity contribution < 1.29 is 28.6 Å². The van der Waals surface area contributed by atoms with Gasteiger partial charge in [0.25, 0.3) is 11.8 Å². The van der Waals surface area contributed by atoms with Gasteiger partial charge in [-0.05, 0) is 49.8 Å². The van der Waals surface area contributed by atoms with Crippen LogP contribution in [0.5, 0.6) is 11.5 Å². The van der Waals surface area contributed by atoms with Crippen LogP contribution in [0.2, 0.25) is 5.02 Å². The molecule has 1 aromatic carbocycles. The summed E-state index contributed by atoms with van der Waals surface area (Å²) in [7, 11) is 1.44. The molecule has 178 valence electrons. The van der Waals surface area contributed by atoms with E-state index in [4.69, 9.17) is 31.5 Å². The van der Waals surface area contributed by atoms with E-state index in [1.54, 1.807) is 0 Å². The molecule has 3 N–H and O–H groups in total. The van der Waals surface area contributed by atoms with E-state index < -0.39 is 23.9 Å². The number of anilines is 1. The number of carbonyl (C=O) groups is 3. The Balaban J connectivity index is 1.71. The number of methoxy groups -OCH3 is 1. The van der Waals surface area contributed by atoms with Gasteiger partial charge in [-0.3, -0.25) is 9.59 Å². The quantitative estimate of drug-likeness (QED) is 0.504. The molecule has 0 spiro atoms. The van der Waals surface area contributed by atoms with Crippen LogP contribution in [-0.2, 0) is 22.4 Å². The Morgan fingerprint density at radius 1 is 1.21 bits per heavy atom. The van der Waals surface area contributed by atoms with Gasteiger partial charge in [-0.15, -0.1) is 11.3 Å². The maximum Gasteiger partial charge on any atom is 0.339 e. The fourth-order valence-electron chi connectivity index (χ4n) is 3.48. The summed E-state index contributed by atoms with van der Waals surface area (Å²) >= 11 is 7.63. The molecule has 1 unspecified atom stereocenters. The molecule has 1 atom stereocenters. The van der Waals surface area contributed by atoms with E-state index >= 15 is 0 Å². The van der Waals surface area contributed by atoms with Crippen molar-refractivity contribution in [3.05, 3.63) is 38.7 Å². The number of hydrogen-bond donors (Lipinski definition) is 2. The van der Waals surface area contributed by atoms with E-state index in [2.05, 4.69) is 5.32 Å². The van der Waals surface area contributed by atoms with Crippen molar-refractivity contribution in [2.24, 2.45) is 11.7 Å². The molecule has 0 aliphatic heterocycles. The maximum atomic E-state index is 12.7. The average molecular weight is 495 g/mol. The number of nitrogens with one attached hydrogen (secondary N) is 1. The lowest BCUT2D eigenvalue weighted by atomic mass is 10.1. The molecule has 0 bridgehead atoms. The number of amides is 2. The summed E-state index contributed by atoms with van der Waals surface area (Å²) in [4.78, 5) is 38.3. The third kappa shape index (κ3) is 5.59. The van der Waals surface area contributed by atoms with Crippen LogP contribution in [0.15, 0.2) is 12.1 Å². The van der Waals surface area contributed by atoms with Gasteiger partial charge in [0.2, 0.25) is 0 Å². The number of carbonyl (C=O) groups excluding carboxylic acids is 3. The number of benzene rings is 1. The first-order valence-electron chi connectivity index (χ1n) is 10.6. The molecule has 2 aromatic rings. The van der Waals surface area contributed by atoms with Crippen LogP contribution in [0.4, 0.5) is 5.00 Å². The van der Waals surface area contributed by atoms with E-state index in [0.29, 0.717) is 22.9 Å². The summed E-state index contributed by atoms with van der Waals surface area (Å²) in [5.41, 5.74) is 6.88. The molecule has 1 heterocycles. The highest BCUT2D eigenvalue weighted by atomic mass is 35.5. The average Bonchev–Trinajstić information content (AvgIpc) is 3.32. The van der Waals surface area contributed by atoms with E-state index in [-0.39, 0.29) is 22.3 Å². The van der Waals surface area contributed by atoms with Crippen LogP contribution in [0, 0.1) is 5.92 Å². The van der Waals surface area contributed by atoms with Gasteiger partial charge in [0, 0.05) is 4.88 Å². The number of fused-ring (bicyclic) bond motifs is 1. The number of ether oxygens (including phenoxy) is 3. The second-order valence-electron chi connectivity index (χ2n) is 8.16. The molecule has 1 aliphatic carbocycles. The summed E-state index contributed by atoms with van der Waals surface area (Å²) in [6.45, 7) is 5.86. The Labute approximate surface area is 201 Å². The van der Waals surface area contributed by atoms with E-state index in [9.17, 15) is 14.4 Å². The number of rotatable bonds is 9. The second kappa shape index (κ2) is 10.4. The molecule has 2 amide bonds. The molecule has 0 saturated carbocycles. The Morgan fingerprint density at radius 3 is 2.58 bits per heavy atom. The predicted molar refractivity (Wildman–Crippen MR) is 127 cm³/mol. The van der Waals surface area contributed by atoms with E-state index in [1.807, 2.05) is 13.8 Å². The first-order valence-corrected chi connectivity index (χ1v) is 11.8. The van der Waals surface area contributed by atoms with Gasteiger partial charge in [0.1, 0.15) is 5.00 Å². The number of halogens is 1. The molecule has 0 fully saturated rings. The largest absolute Gasteiger partial charge is 0.493 e. The third-order valence-corrected chi connectivity index (χ3v) is 6.57. The first kappa shape index (κ1) is 24.9. The minimum absolute atomic E-state index is 0.112. The fraction of sp³-hybridized carbons (Fsp3) is 0.435. The number of thiophene rings is 1. The molecule has 33 heavy (non-hydrogen) atoms. The topological polar surface area (TPSA) is 117 Å². The van der Waals surface area contributed by atoms with Crippen molar-refractivity contribution in [1.29, 1.82) is 0 Å². The summed E-state index contributed by atoms with van der Waals surface area (Å²) in [5.74, 6) is -1.02. The maximum absolute atomic E-state index is 12.7. The molecule has 0 saturated heterocycles. The monoisotopic (exact) mass is 494 g/mol. The van der Waals surface area contributed by atoms with Crippen molar-refractivity contribution in [1.82, 2.24) is 0 Å². The minimum Gasteiger partial charge on any atom is -0.493 e. The molecular weight excluding hydrogens is 468 g/mol. The van der Waals surface area contributed by atoms with Crippen molar-refractivity contribution in [2.45, 2.75) is 46.1 Å². The number of nitrogens with two attached hydrogens (primary N) is 1. The summed E-state index contributed by atoms with van der Waals surface area (Å²) in [6, 6.07) is 2.85. The minimum atomic E-state index is -1.13. The van der Waals surface area contributed by atoms with Gasteiger partial charge in [-0.25, -0.2) is 4.79 Å². The third-order valence-electron chi connectivity index (χ3n) is 5.08. The molecule has 3 rings (SSSR count). The fourth-order valence-corrected chi connectivity index (χ4v) is 5.04. The Morgan fingerprint density at radius 2 is 1.94 bits per heavy atom. The zero-order valence-electron chi connectivity index (χ0n) is 19.0. The molecule has 10 heteroatoms. The van der Waals surface area contributed by atoms with Crippen molar-refractivity contribution in [3.63, 3.8) is 0 Å². The van der Waals surface area contributed by atoms with Crippen molar-refractivity contribution >= 4 is 45.7 Å². The lowest BCUT2D eigenvalue weighted by molar-refractivity contribution is -0.123. The summed E-state index contributed by atoms with van der Waals surface area (Å²) in [6.07, 6.45) is 1.43. The van der Waals surface area contributed by atoms with Gasteiger partial charge in [-0.2, -0.15) is 0 Å². The predicted octanol–water partition coefficient (Wildman–Crippen LogP) is 4.22. The Bertz CT molecular complexity index is 1080. The van der Waals surface area contributed by atoms with Gasteiger partial charge in [0.05, 0.1) is 29.9 Å². The van der Waals surface area contributed by atoms with Crippen LogP contribution in [0.3, 0.4) is 0 Å². The molecule has 8 nitrogen and oxygen atoms in total. The molecule has 1 aromatic heterocycles. The Hall–Kier alpha value is -2.78. The van der Waals surface area contributed by atoms with E-state index in [0.717, 1.165) is 29.7 Å². The van der Waals surface area contributed by atoms with Crippen LogP contribution in [0.1, 0.15) is 58.3 Å². The van der Waals surface area contributed by atoms with Crippen molar-refractivity contribution in [2.75, 3.05) is 19.0 Å². The lowest BCUT2D eigenvalue weighted by Gasteiger charge is -2.16. The first-order chi connectivity index (χ1) is 15.6. The number of aryl methyl sites for hydroxylation is 1. The molecule has 0 radical (unpaired) electrons. The zero-order chi connectivity index (χ0) is 24.3. The van der Waals surface area contributed by atoms with Gasteiger partial charge >= 0.3 is 5.97 Å². The van der Waals surface area contributed by atoms with Gasteiger partial charge in [0.15, 0.2) is 17.6 Å². The molecule has 1 aliphatic rings. The highest BCUT2D eigenvalue weighted by Gasteiger charge is 2.28.